The summed E-state index contributed by atoms with van der Waals surface area (Å²) in [7, 11) is 0. The molecule has 5 heteroatoms. The molecule has 0 radical (unpaired) electrons. The summed E-state index contributed by atoms with van der Waals surface area (Å²) in [5.74, 6) is 0. The molecule has 0 aliphatic carbocycles. The van der Waals surface area contributed by atoms with Crippen molar-refractivity contribution in [2.75, 3.05) is 39.4 Å². The topological polar surface area (TPSA) is 44.4 Å². The molecule has 1 atom stereocenters. The van der Waals surface area contributed by atoms with Crippen molar-refractivity contribution in [2.24, 2.45) is 0 Å². The quantitative estimate of drug-likeness (QED) is 0.834. The van der Waals surface area contributed by atoms with Gasteiger partial charge in [0, 0.05) is 45.0 Å². The highest BCUT2D eigenvalue weighted by atomic mass is 16.5. The fraction of sp³-hybridized carbons (Fsp3) is 0.722. The summed E-state index contributed by atoms with van der Waals surface area (Å²) in [4.78, 5) is 5.17. The largest absolute Gasteiger partial charge is 0.379 e. The van der Waals surface area contributed by atoms with Crippen molar-refractivity contribution in [1.29, 1.82) is 5.26 Å². The van der Waals surface area contributed by atoms with Gasteiger partial charge in [0.25, 0.3) is 0 Å². The number of likely N-dealkylation sites (tertiary alicyclic amines) is 1. The number of ether oxygens (including phenoxy) is 1. The average Bonchev–Trinajstić information content (AvgIpc) is 2.99. The lowest BCUT2D eigenvalue weighted by Gasteiger charge is -2.39. The molecule has 126 valence electrons. The van der Waals surface area contributed by atoms with Crippen LogP contribution in [0.4, 0.5) is 0 Å². The van der Waals surface area contributed by atoms with Gasteiger partial charge in [0.15, 0.2) is 0 Å². The first-order chi connectivity index (χ1) is 11.3. The van der Waals surface area contributed by atoms with Crippen molar-refractivity contribution in [3.63, 3.8) is 0 Å². The van der Waals surface area contributed by atoms with Crippen molar-refractivity contribution >= 4 is 0 Å². The van der Waals surface area contributed by atoms with Gasteiger partial charge in [-0.15, -0.1) is 0 Å². The first-order valence-electron chi connectivity index (χ1n) is 8.93. The fourth-order valence-corrected chi connectivity index (χ4v) is 3.80. The first-order valence-corrected chi connectivity index (χ1v) is 8.93. The van der Waals surface area contributed by atoms with E-state index in [9.17, 15) is 5.26 Å². The van der Waals surface area contributed by atoms with E-state index in [1.54, 1.807) is 0 Å². The van der Waals surface area contributed by atoms with E-state index in [1.807, 2.05) is 0 Å². The van der Waals surface area contributed by atoms with Gasteiger partial charge in [0.1, 0.15) is 11.8 Å². The van der Waals surface area contributed by atoms with E-state index >= 15 is 0 Å². The fourth-order valence-electron chi connectivity index (χ4n) is 3.80. The van der Waals surface area contributed by atoms with E-state index in [0.29, 0.717) is 6.04 Å². The summed E-state index contributed by atoms with van der Waals surface area (Å²) in [6.45, 7) is 10.1. The SMILES string of the molecule is CCn1cc(CN2CCCC[C@@H]2CN2CCOCC2)cc1C#N. The lowest BCUT2D eigenvalue weighted by atomic mass is 10.0. The molecule has 3 rings (SSSR count). The number of hydrogen-bond acceptors (Lipinski definition) is 4. The molecule has 5 nitrogen and oxygen atoms in total. The molecule has 0 bridgehead atoms. The van der Waals surface area contributed by atoms with Crippen LogP contribution >= 0.6 is 0 Å². The van der Waals surface area contributed by atoms with Crippen molar-refractivity contribution in [2.45, 2.75) is 45.3 Å². The normalized spacial score (nSPS) is 23.7. The Morgan fingerprint density at radius 3 is 2.78 bits per heavy atom. The minimum Gasteiger partial charge on any atom is -0.379 e. The Balaban J connectivity index is 1.64. The van der Waals surface area contributed by atoms with Crippen LogP contribution in [0.15, 0.2) is 12.3 Å². The minimum absolute atomic E-state index is 0.636. The van der Waals surface area contributed by atoms with Crippen LogP contribution in [0.2, 0.25) is 0 Å². The Morgan fingerprint density at radius 1 is 1.26 bits per heavy atom. The molecule has 0 spiro atoms. The molecule has 0 N–H and O–H groups in total. The van der Waals surface area contributed by atoms with Crippen LogP contribution in [-0.4, -0.2) is 59.8 Å². The molecular formula is C18H28N4O. The van der Waals surface area contributed by atoms with Gasteiger partial charge in [0.2, 0.25) is 0 Å². The van der Waals surface area contributed by atoms with Gasteiger partial charge in [-0.25, -0.2) is 0 Å². The molecule has 2 aliphatic heterocycles. The molecule has 2 aliphatic rings. The maximum absolute atomic E-state index is 9.23. The molecule has 3 heterocycles. The Hall–Kier alpha value is -1.35. The number of rotatable bonds is 5. The predicted octanol–water partition coefficient (Wildman–Crippen LogP) is 2.07. The number of morpholine rings is 1. The summed E-state index contributed by atoms with van der Waals surface area (Å²) in [6, 6.07) is 5.00. The summed E-state index contributed by atoms with van der Waals surface area (Å²) in [5, 5.41) is 9.23. The van der Waals surface area contributed by atoms with Gasteiger partial charge in [-0.1, -0.05) is 6.42 Å². The van der Waals surface area contributed by atoms with E-state index in [4.69, 9.17) is 4.74 Å². The summed E-state index contributed by atoms with van der Waals surface area (Å²) in [6.07, 6.45) is 6.07. The smallest absolute Gasteiger partial charge is 0.120 e. The summed E-state index contributed by atoms with van der Waals surface area (Å²) in [5.41, 5.74) is 2.06. The number of nitriles is 1. The standard InChI is InChI=1S/C18H28N4O/c1-2-21-13-16(11-18(21)12-19)14-22-6-4-3-5-17(22)15-20-7-9-23-10-8-20/h11,13,17H,2-10,14-15H2,1H3/t17-/m1/s1. The van der Waals surface area contributed by atoms with Gasteiger partial charge >= 0.3 is 0 Å². The van der Waals surface area contributed by atoms with Gasteiger partial charge in [-0.3, -0.25) is 9.80 Å². The Kier molecular flexibility index (Phi) is 5.71. The third-order valence-corrected chi connectivity index (χ3v) is 5.12. The summed E-state index contributed by atoms with van der Waals surface area (Å²) >= 11 is 0. The van der Waals surface area contributed by atoms with Crippen LogP contribution in [0.5, 0.6) is 0 Å². The third-order valence-electron chi connectivity index (χ3n) is 5.12. The lowest BCUT2D eigenvalue weighted by Crippen LogP contribution is -2.49. The van der Waals surface area contributed by atoms with Gasteiger partial charge in [0.05, 0.1) is 13.2 Å². The highest BCUT2D eigenvalue weighted by Gasteiger charge is 2.25. The Bertz CT molecular complexity index is 542. The third kappa shape index (κ3) is 4.14. The molecule has 0 unspecified atom stereocenters. The lowest BCUT2D eigenvalue weighted by molar-refractivity contribution is 0.0153. The molecule has 2 fully saturated rings. The minimum atomic E-state index is 0.636. The molecule has 23 heavy (non-hydrogen) atoms. The average molecular weight is 316 g/mol. The van der Waals surface area contributed by atoms with Crippen LogP contribution in [-0.2, 0) is 17.8 Å². The Morgan fingerprint density at radius 2 is 2.09 bits per heavy atom. The van der Waals surface area contributed by atoms with Crippen LogP contribution in [0.25, 0.3) is 0 Å². The van der Waals surface area contributed by atoms with E-state index in [2.05, 4.69) is 39.6 Å². The zero-order chi connectivity index (χ0) is 16.1. The van der Waals surface area contributed by atoms with Crippen molar-refractivity contribution < 1.29 is 4.74 Å². The van der Waals surface area contributed by atoms with Crippen molar-refractivity contribution in [3.05, 3.63) is 23.5 Å². The number of hydrogen-bond donors (Lipinski definition) is 0. The van der Waals surface area contributed by atoms with Gasteiger partial charge in [-0.2, -0.15) is 5.26 Å². The molecule has 0 saturated carbocycles. The van der Waals surface area contributed by atoms with Crippen LogP contribution < -0.4 is 0 Å². The Labute approximate surface area is 139 Å². The highest BCUT2D eigenvalue weighted by Crippen LogP contribution is 2.22. The molecular weight excluding hydrogens is 288 g/mol. The van der Waals surface area contributed by atoms with Crippen LogP contribution in [0, 0.1) is 11.3 Å². The zero-order valence-electron chi connectivity index (χ0n) is 14.2. The monoisotopic (exact) mass is 316 g/mol. The molecule has 0 aromatic carbocycles. The second-order valence-electron chi connectivity index (χ2n) is 6.66. The first kappa shape index (κ1) is 16.5. The van der Waals surface area contributed by atoms with Crippen LogP contribution in [0.3, 0.4) is 0 Å². The van der Waals surface area contributed by atoms with Crippen molar-refractivity contribution in [1.82, 2.24) is 14.4 Å². The highest BCUT2D eigenvalue weighted by molar-refractivity contribution is 5.28. The molecule has 2 saturated heterocycles. The predicted molar refractivity (Wildman–Crippen MR) is 90.1 cm³/mol. The molecule has 1 aromatic heterocycles. The number of aromatic nitrogens is 1. The van der Waals surface area contributed by atoms with Crippen molar-refractivity contribution in [3.8, 4) is 6.07 Å². The zero-order valence-corrected chi connectivity index (χ0v) is 14.2. The van der Waals surface area contributed by atoms with E-state index in [1.165, 1.54) is 31.4 Å². The molecule has 1 aromatic rings. The maximum atomic E-state index is 9.23. The maximum Gasteiger partial charge on any atom is 0.120 e. The van der Waals surface area contributed by atoms with E-state index in [0.717, 1.165) is 51.6 Å². The summed E-state index contributed by atoms with van der Waals surface area (Å²) < 4.78 is 7.52. The number of nitrogens with zero attached hydrogens (tertiary/aromatic N) is 4. The van der Waals surface area contributed by atoms with E-state index in [-0.39, 0.29) is 0 Å². The number of piperidine rings is 1. The van der Waals surface area contributed by atoms with E-state index < -0.39 is 0 Å². The molecule has 0 amide bonds. The van der Waals surface area contributed by atoms with Gasteiger partial charge < -0.3 is 9.30 Å². The second-order valence-corrected chi connectivity index (χ2v) is 6.66. The van der Waals surface area contributed by atoms with Crippen LogP contribution in [0.1, 0.15) is 37.4 Å². The van der Waals surface area contributed by atoms with Gasteiger partial charge in [-0.05, 0) is 37.9 Å². The number of aryl methyl sites for hydroxylation is 1. The second kappa shape index (κ2) is 7.96.